The largest absolute Gasteiger partial charge is 0.497 e. The van der Waals surface area contributed by atoms with Crippen molar-refractivity contribution in [3.8, 4) is 5.75 Å². The van der Waals surface area contributed by atoms with Crippen LogP contribution in [0.1, 0.15) is 22.0 Å². The Morgan fingerprint density at radius 2 is 2.32 bits per heavy atom. The van der Waals surface area contributed by atoms with Gasteiger partial charge < -0.3 is 20.2 Å². The SMILES string of the molecule is COc1ccc(N)c(C(=O)NCc2ncc(C)o2)c1. The molecule has 0 spiro atoms. The van der Waals surface area contributed by atoms with Crippen molar-refractivity contribution in [2.45, 2.75) is 13.5 Å². The van der Waals surface area contributed by atoms with Gasteiger partial charge in [-0.15, -0.1) is 0 Å². The zero-order chi connectivity index (χ0) is 13.8. The van der Waals surface area contributed by atoms with E-state index < -0.39 is 0 Å². The Bertz CT molecular complexity index is 593. The van der Waals surface area contributed by atoms with E-state index in [4.69, 9.17) is 14.9 Å². The van der Waals surface area contributed by atoms with Crippen LogP contribution in [-0.4, -0.2) is 18.0 Å². The van der Waals surface area contributed by atoms with E-state index in [-0.39, 0.29) is 12.5 Å². The number of nitrogens with two attached hydrogens (primary N) is 1. The van der Waals surface area contributed by atoms with Crippen LogP contribution in [0.5, 0.6) is 5.75 Å². The fourth-order valence-electron chi connectivity index (χ4n) is 1.59. The van der Waals surface area contributed by atoms with Crippen LogP contribution in [0.15, 0.2) is 28.8 Å². The van der Waals surface area contributed by atoms with Crippen LogP contribution >= 0.6 is 0 Å². The molecule has 1 heterocycles. The van der Waals surface area contributed by atoms with Gasteiger partial charge in [0.1, 0.15) is 11.5 Å². The van der Waals surface area contributed by atoms with Gasteiger partial charge in [-0.2, -0.15) is 0 Å². The van der Waals surface area contributed by atoms with E-state index in [0.29, 0.717) is 28.7 Å². The number of aromatic nitrogens is 1. The number of anilines is 1. The maximum absolute atomic E-state index is 12.0. The summed E-state index contributed by atoms with van der Waals surface area (Å²) in [6, 6.07) is 4.91. The van der Waals surface area contributed by atoms with Gasteiger partial charge in [-0.05, 0) is 25.1 Å². The molecule has 0 atom stereocenters. The molecule has 0 fully saturated rings. The molecule has 1 aromatic carbocycles. The van der Waals surface area contributed by atoms with Gasteiger partial charge in [-0.1, -0.05) is 0 Å². The van der Waals surface area contributed by atoms with Crippen LogP contribution in [-0.2, 0) is 6.54 Å². The van der Waals surface area contributed by atoms with Gasteiger partial charge in [-0.3, -0.25) is 4.79 Å². The number of nitrogens with one attached hydrogen (secondary N) is 1. The van der Waals surface area contributed by atoms with Crippen molar-refractivity contribution < 1.29 is 13.9 Å². The Morgan fingerprint density at radius 1 is 1.53 bits per heavy atom. The zero-order valence-electron chi connectivity index (χ0n) is 10.8. The van der Waals surface area contributed by atoms with Crippen molar-refractivity contribution in [3.63, 3.8) is 0 Å². The van der Waals surface area contributed by atoms with Crippen LogP contribution < -0.4 is 15.8 Å². The van der Waals surface area contributed by atoms with Crippen molar-refractivity contribution in [2.75, 3.05) is 12.8 Å². The van der Waals surface area contributed by atoms with Crippen LogP contribution in [0.25, 0.3) is 0 Å². The summed E-state index contributed by atoms with van der Waals surface area (Å²) >= 11 is 0. The Morgan fingerprint density at radius 3 is 2.95 bits per heavy atom. The topological polar surface area (TPSA) is 90.4 Å². The van der Waals surface area contributed by atoms with E-state index >= 15 is 0 Å². The van der Waals surface area contributed by atoms with E-state index in [2.05, 4.69) is 10.3 Å². The Hall–Kier alpha value is -2.50. The van der Waals surface area contributed by atoms with Crippen LogP contribution in [0.3, 0.4) is 0 Å². The first-order valence-electron chi connectivity index (χ1n) is 5.73. The summed E-state index contributed by atoms with van der Waals surface area (Å²) in [6.45, 7) is 2.00. The summed E-state index contributed by atoms with van der Waals surface area (Å²) in [7, 11) is 1.53. The van der Waals surface area contributed by atoms with Gasteiger partial charge in [0.25, 0.3) is 5.91 Å². The smallest absolute Gasteiger partial charge is 0.253 e. The third-order valence-corrected chi connectivity index (χ3v) is 2.57. The lowest BCUT2D eigenvalue weighted by atomic mass is 10.1. The molecule has 100 valence electrons. The van der Waals surface area contributed by atoms with Crippen LogP contribution in [0, 0.1) is 6.92 Å². The normalized spacial score (nSPS) is 10.2. The summed E-state index contributed by atoms with van der Waals surface area (Å²) < 4.78 is 10.3. The highest BCUT2D eigenvalue weighted by Gasteiger charge is 2.12. The molecule has 2 rings (SSSR count). The summed E-state index contributed by atoms with van der Waals surface area (Å²) in [5.74, 6) is 1.43. The highest BCUT2D eigenvalue weighted by Crippen LogP contribution is 2.19. The number of oxazole rings is 1. The van der Waals surface area contributed by atoms with Crippen molar-refractivity contribution >= 4 is 11.6 Å². The molecular weight excluding hydrogens is 246 g/mol. The summed E-state index contributed by atoms with van der Waals surface area (Å²) in [5, 5.41) is 2.69. The number of aryl methyl sites for hydroxylation is 1. The van der Waals surface area contributed by atoms with Crippen molar-refractivity contribution in [1.29, 1.82) is 0 Å². The summed E-state index contributed by atoms with van der Waals surface area (Å²) in [4.78, 5) is 16.0. The molecule has 0 aliphatic heterocycles. The van der Waals surface area contributed by atoms with Crippen molar-refractivity contribution in [3.05, 3.63) is 41.6 Å². The number of ether oxygens (including phenoxy) is 1. The molecule has 0 aliphatic carbocycles. The van der Waals surface area contributed by atoms with Gasteiger partial charge in [0, 0.05) is 5.69 Å². The second kappa shape index (κ2) is 5.43. The molecule has 0 saturated carbocycles. The Kier molecular flexibility index (Phi) is 3.70. The van der Waals surface area contributed by atoms with E-state index in [0.717, 1.165) is 0 Å². The molecular formula is C13H15N3O3. The van der Waals surface area contributed by atoms with Gasteiger partial charge in [0.2, 0.25) is 5.89 Å². The number of carbonyl (C=O) groups excluding carboxylic acids is 1. The standard InChI is InChI=1S/C13H15N3O3/c1-8-6-15-12(19-8)7-16-13(17)10-5-9(18-2)3-4-11(10)14/h3-6H,7,14H2,1-2H3,(H,16,17). The molecule has 0 radical (unpaired) electrons. The van der Waals surface area contributed by atoms with Gasteiger partial charge >= 0.3 is 0 Å². The van der Waals surface area contributed by atoms with Gasteiger partial charge in [0.05, 0.1) is 25.4 Å². The fraction of sp³-hybridized carbons (Fsp3) is 0.231. The maximum Gasteiger partial charge on any atom is 0.253 e. The van der Waals surface area contributed by atoms with E-state index in [1.54, 1.807) is 31.3 Å². The molecule has 1 aromatic heterocycles. The number of nitrogens with zero attached hydrogens (tertiary/aromatic N) is 1. The number of rotatable bonds is 4. The van der Waals surface area contributed by atoms with Crippen molar-refractivity contribution in [2.24, 2.45) is 0 Å². The minimum absolute atomic E-state index is 0.212. The number of amides is 1. The summed E-state index contributed by atoms with van der Waals surface area (Å²) in [5.41, 5.74) is 6.52. The zero-order valence-corrected chi connectivity index (χ0v) is 10.8. The second-order valence-electron chi connectivity index (χ2n) is 4.00. The van der Waals surface area contributed by atoms with Gasteiger partial charge in [-0.25, -0.2) is 4.98 Å². The lowest BCUT2D eigenvalue weighted by Crippen LogP contribution is -2.24. The number of methoxy groups -OCH3 is 1. The molecule has 0 saturated heterocycles. The number of hydrogen-bond donors (Lipinski definition) is 2. The first kappa shape index (κ1) is 12.9. The first-order chi connectivity index (χ1) is 9.10. The lowest BCUT2D eigenvalue weighted by Gasteiger charge is -2.08. The molecule has 0 aliphatic rings. The van der Waals surface area contributed by atoms with E-state index in [9.17, 15) is 4.79 Å². The predicted molar refractivity (Wildman–Crippen MR) is 69.8 cm³/mol. The number of benzene rings is 1. The number of hydrogen-bond acceptors (Lipinski definition) is 5. The van der Waals surface area contributed by atoms with E-state index in [1.165, 1.54) is 7.11 Å². The minimum Gasteiger partial charge on any atom is -0.497 e. The van der Waals surface area contributed by atoms with Crippen LogP contribution in [0.4, 0.5) is 5.69 Å². The average molecular weight is 261 g/mol. The predicted octanol–water partition coefficient (Wildman–Crippen LogP) is 1.50. The molecule has 3 N–H and O–H groups in total. The lowest BCUT2D eigenvalue weighted by molar-refractivity contribution is 0.0947. The minimum atomic E-state index is -0.299. The maximum atomic E-state index is 12.0. The highest BCUT2D eigenvalue weighted by atomic mass is 16.5. The fourth-order valence-corrected chi connectivity index (χ4v) is 1.59. The van der Waals surface area contributed by atoms with Crippen LogP contribution in [0.2, 0.25) is 0 Å². The third kappa shape index (κ3) is 3.04. The molecule has 1 amide bonds. The average Bonchev–Trinajstić information content (AvgIpc) is 2.82. The quantitative estimate of drug-likeness (QED) is 0.814. The third-order valence-electron chi connectivity index (χ3n) is 2.57. The second-order valence-corrected chi connectivity index (χ2v) is 4.00. The Balaban J connectivity index is 2.07. The molecule has 6 heteroatoms. The molecule has 2 aromatic rings. The highest BCUT2D eigenvalue weighted by molar-refractivity contribution is 5.99. The Labute approximate surface area is 110 Å². The molecule has 6 nitrogen and oxygen atoms in total. The first-order valence-corrected chi connectivity index (χ1v) is 5.73. The molecule has 19 heavy (non-hydrogen) atoms. The number of nitrogen functional groups attached to an aromatic ring is 1. The summed E-state index contributed by atoms with van der Waals surface area (Å²) in [6.07, 6.45) is 1.60. The van der Waals surface area contributed by atoms with Gasteiger partial charge in [0.15, 0.2) is 0 Å². The number of carbonyl (C=O) groups is 1. The molecule has 0 bridgehead atoms. The molecule has 0 unspecified atom stereocenters. The monoisotopic (exact) mass is 261 g/mol. The van der Waals surface area contributed by atoms with Crippen molar-refractivity contribution in [1.82, 2.24) is 10.3 Å². The van der Waals surface area contributed by atoms with E-state index in [1.807, 2.05) is 0 Å².